The Hall–Kier alpha value is -2.14. The maximum Gasteiger partial charge on any atom is 0.387 e. The summed E-state index contributed by atoms with van der Waals surface area (Å²) in [5.74, 6) is 1.43. The molecule has 2 aromatic carbocycles. The molecule has 0 spiro atoms. The minimum absolute atomic E-state index is 0. The number of aliphatic hydroxyl groups excluding tert-OH is 1. The van der Waals surface area contributed by atoms with E-state index in [0.717, 1.165) is 11.3 Å². The van der Waals surface area contributed by atoms with Crippen molar-refractivity contribution < 1.29 is 23.4 Å². The molecule has 9 heteroatoms. The molecule has 31 heavy (non-hydrogen) atoms. The Morgan fingerprint density at radius 1 is 0.968 bits per heavy atom. The Labute approximate surface area is 199 Å². The van der Waals surface area contributed by atoms with Gasteiger partial charge in [-0.2, -0.15) is 8.78 Å². The van der Waals surface area contributed by atoms with Crippen LogP contribution in [-0.2, 0) is 6.54 Å². The summed E-state index contributed by atoms with van der Waals surface area (Å²) in [5, 5.41) is 16.6. The Kier molecular flexibility index (Phi) is 12.2. The SMILES string of the molecule is CCNC(=NCc1ccc(OC(C)C)cc1)NCC(O)c1ccc(OC(F)F)cc1.I. The number of nitrogens with one attached hydrogen (secondary N) is 2. The lowest BCUT2D eigenvalue weighted by atomic mass is 10.1. The summed E-state index contributed by atoms with van der Waals surface area (Å²) in [7, 11) is 0. The number of hydrogen-bond acceptors (Lipinski definition) is 4. The van der Waals surface area contributed by atoms with Crippen LogP contribution in [0.15, 0.2) is 53.5 Å². The molecule has 2 aromatic rings. The van der Waals surface area contributed by atoms with Gasteiger partial charge in [0, 0.05) is 13.1 Å². The van der Waals surface area contributed by atoms with Gasteiger partial charge in [-0.15, -0.1) is 24.0 Å². The molecule has 2 rings (SSSR count). The molecule has 0 bridgehead atoms. The van der Waals surface area contributed by atoms with E-state index in [0.29, 0.717) is 24.6 Å². The summed E-state index contributed by atoms with van der Waals surface area (Å²) in [6.45, 7) is 4.38. The predicted octanol–water partition coefficient (Wildman–Crippen LogP) is 4.48. The third-order valence-electron chi connectivity index (χ3n) is 4.01. The molecule has 1 atom stereocenters. The summed E-state index contributed by atoms with van der Waals surface area (Å²) in [4.78, 5) is 4.53. The molecule has 172 valence electrons. The molecular formula is C22H30F2IN3O3. The zero-order valence-corrected chi connectivity index (χ0v) is 20.2. The predicted molar refractivity (Wildman–Crippen MR) is 128 cm³/mol. The fourth-order valence-corrected chi connectivity index (χ4v) is 2.64. The van der Waals surface area contributed by atoms with E-state index in [4.69, 9.17) is 4.74 Å². The summed E-state index contributed by atoms with van der Waals surface area (Å²) < 4.78 is 34.4. The lowest BCUT2D eigenvalue weighted by Gasteiger charge is -2.16. The molecule has 0 aromatic heterocycles. The van der Waals surface area contributed by atoms with Crippen molar-refractivity contribution in [1.29, 1.82) is 0 Å². The van der Waals surface area contributed by atoms with Crippen LogP contribution in [0, 0.1) is 0 Å². The first-order valence-corrected chi connectivity index (χ1v) is 9.88. The van der Waals surface area contributed by atoms with Gasteiger partial charge in [0.05, 0.1) is 18.8 Å². The molecule has 0 saturated heterocycles. The second kappa shape index (κ2) is 14.0. The Bertz CT molecular complexity index is 788. The fraction of sp³-hybridized carbons (Fsp3) is 0.409. The lowest BCUT2D eigenvalue weighted by molar-refractivity contribution is -0.0498. The molecule has 0 radical (unpaired) electrons. The molecule has 6 nitrogen and oxygen atoms in total. The second-order valence-corrected chi connectivity index (χ2v) is 6.85. The summed E-state index contributed by atoms with van der Waals surface area (Å²) in [6, 6.07) is 13.6. The van der Waals surface area contributed by atoms with E-state index < -0.39 is 12.7 Å². The standard InChI is InChI=1S/C22H29F2N3O3.HI/c1-4-25-22(26-13-16-5-9-18(10-6-16)29-15(2)3)27-14-20(28)17-7-11-19(12-8-17)30-21(23)24;/h5-12,15,20-21,28H,4,13-14H2,1-3H3,(H2,25,26,27);1H. The number of benzene rings is 2. The zero-order chi connectivity index (χ0) is 21.9. The number of hydrogen-bond donors (Lipinski definition) is 3. The zero-order valence-electron chi connectivity index (χ0n) is 17.8. The number of ether oxygens (including phenoxy) is 2. The van der Waals surface area contributed by atoms with Crippen molar-refractivity contribution in [2.45, 2.75) is 46.1 Å². The smallest absolute Gasteiger partial charge is 0.387 e. The van der Waals surface area contributed by atoms with Crippen molar-refractivity contribution >= 4 is 29.9 Å². The van der Waals surface area contributed by atoms with Gasteiger partial charge < -0.3 is 25.2 Å². The minimum atomic E-state index is -2.87. The van der Waals surface area contributed by atoms with Crippen molar-refractivity contribution in [1.82, 2.24) is 10.6 Å². The molecule has 0 aliphatic carbocycles. The molecule has 0 aliphatic heterocycles. The number of alkyl halides is 2. The van der Waals surface area contributed by atoms with Crippen molar-refractivity contribution in [3.8, 4) is 11.5 Å². The molecule has 0 fully saturated rings. The maximum absolute atomic E-state index is 12.2. The van der Waals surface area contributed by atoms with Crippen LogP contribution in [0.5, 0.6) is 11.5 Å². The molecule has 0 aliphatic rings. The highest BCUT2D eigenvalue weighted by atomic mass is 127. The molecule has 0 saturated carbocycles. The van der Waals surface area contributed by atoms with Crippen molar-refractivity contribution in [3.63, 3.8) is 0 Å². The highest BCUT2D eigenvalue weighted by Gasteiger charge is 2.10. The number of aliphatic hydroxyl groups is 1. The summed E-state index contributed by atoms with van der Waals surface area (Å²) in [5.41, 5.74) is 1.61. The lowest BCUT2D eigenvalue weighted by Crippen LogP contribution is -2.39. The van der Waals surface area contributed by atoms with E-state index in [-0.39, 0.29) is 42.4 Å². The maximum atomic E-state index is 12.2. The van der Waals surface area contributed by atoms with Gasteiger partial charge in [0.1, 0.15) is 11.5 Å². The Morgan fingerprint density at radius 2 is 1.55 bits per heavy atom. The summed E-state index contributed by atoms with van der Waals surface area (Å²) in [6.07, 6.45) is -0.709. The first-order valence-electron chi connectivity index (χ1n) is 9.88. The normalized spacial score (nSPS) is 12.3. The van der Waals surface area contributed by atoms with Gasteiger partial charge >= 0.3 is 6.61 Å². The quantitative estimate of drug-likeness (QED) is 0.232. The monoisotopic (exact) mass is 549 g/mol. The number of rotatable bonds is 10. The first-order chi connectivity index (χ1) is 14.4. The van der Waals surface area contributed by atoms with Gasteiger partial charge in [-0.3, -0.25) is 0 Å². The van der Waals surface area contributed by atoms with E-state index in [1.165, 1.54) is 12.1 Å². The summed E-state index contributed by atoms with van der Waals surface area (Å²) >= 11 is 0. The van der Waals surface area contributed by atoms with Gasteiger partial charge in [0.15, 0.2) is 5.96 Å². The van der Waals surface area contributed by atoms with E-state index in [2.05, 4.69) is 20.4 Å². The number of halogens is 3. The number of aliphatic imine (C=N–C) groups is 1. The van der Waals surface area contributed by atoms with E-state index >= 15 is 0 Å². The minimum Gasteiger partial charge on any atom is -0.491 e. The topological polar surface area (TPSA) is 75.1 Å². The van der Waals surface area contributed by atoms with Gasteiger partial charge in [-0.25, -0.2) is 4.99 Å². The second-order valence-electron chi connectivity index (χ2n) is 6.85. The van der Waals surface area contributed by atoms with Gasteiger partial charge in [0.2, 0.25) is 0 Å². The highest BCUT2D eigenvalue weighted by molar-refractivity contribution is 14.0. The van der Waals surface area contributed by atoms with Crippen LogP contribution in [0.1, 0.15) is 38.0 Å². The van der Waals surface area contributed by atoms with Crippen LogP contribution in [0.3, 0.4) is 0 Å². The third kappa shape index (κ3) is 10.1. The van der Waals surface area contributed by atoms with Gasteiger partial charge in [0.25, 0.3) is 0 Å². The average molecular weight is 549 g/mol. The first kappa shape index (κ1) is 26.9. The van der Waals surface area contributed by atoms with Crippen LogP contribution < -0.4 is 20.1 Å². The van der Waals surface area contributed by atoms with Gasteiger partial charge in [-0.1, -0.05) is 24.3 Å². The highest BCUT2D eigenvalue weighted by Crippen LogP contribution is 2.19. The molecule has 3 N–H and O–H groups in total. The van der Waals surface area contributed by atoms with Crippen molar-refractivity contribution in [2.75, 3.05) is 13.1 Å². The van der Waals surface area contributed by atoms with Crippen LogP contribution in [0.4, 0.5) is 8.78 Å². The molecule has 0 heterocycles. The van der Waals surface area contributed by atoms with E-state index in [9.17, 15) is 13.9 Å². The van der Waals surface area contributed by atoms with Crippen molar-refractivity contribution in [3.05, 3.63) is 59.7 Å². The fourth-order valence-electron chi connectivity index (χ4n) is 2.64. The average Bonchev–Trinajstić information content (AvgIpc) is 2.70. The van der Waals surface area contributed by atoms with Crippen LogP contribution in [0.25, 0.3) is 0 Å². The molecule has 0 amide bonds. The molecular weight excluding hydrogens is 519 g/mol. The Morgan fingerprint density at radius 3 is 2.10 bits per heavy atom. The third-order valence-corrected chi connectivity index (χ3v) is 4.01. The van der Waals surface area contributed by atoms with E-state index in [1.54, 1.807) is 12.1 Å². The number of guanidine groups is 1. The molecule has 1 unspecified atom stereocenters. The van der Waals surface area contributed by atoms with Gasteiger partial charge in [-0.05, 0) is 56.2 Å². The Balaban J connectivity index is 0.00000480. The van der Waals surface area contributed by atoms with Crippen LogP contribution in [-0.4, -0.2) is 36.9 Å². The largest absolute Gasteiger partial charge is 0.491 e. The van der Waals surface area contributed by atoms with E-state index in [1.807, 2.05) is 45.0 Å². The van der Waals surface area contributed by atoms with Crippen LogP contribution in [0.2, 0.25) is 0 Å². The van der Waals surface area contributed by atoms with Crippen molar-refractivity contribution in [2.24, 2.45) is 4.99 Å². The number of nitrogens with zero attached hydrogens (tertiary/aromatic N) is 1. The van der Waals surface area contributed by atoms with Crippen LogP contribution >= 0.6 is 24.0 Å².